The van der Waals surface area contributed by atoms with Gasteiger partial charge in [-0.2, -0.15) is 0 Å². The molecule has 3 aromatic rings. The Morgan fingerprint density at radius 2 is 2.04 bits per heavy atom. The second kappa shape index (κ2) is 6.92. The van der Waals surface area contributed by atoms with Gasteiger partial charge in [-0.05, 0) is 40.8 Å². The van der Waals surface area contributed by atoms with Gasteiger partial charge in [0.25, 0.3) is 11.1 Å². The van der Waals surface area contributed by atoms with E-state index in [0.29, 0.717) is 0 Å². The fourth-order valence-electron chi connectivity index (χ4n) is 2.47. The van der Waals surface area contributed by atoms with Crippen LogP contribution in [0, 0.1) is 9.39 Å². The summed E-state index contributed by atoms with van der Waals surface area (Å²) in [5.74, 6) is -0.500. The van der Waals surface area contributed by atoms with Crippen molar-refractivity contribution < 1.29 is 9.50 Å². The topological polar surface area (TPSA) is 89.2 Å². The average molecular weight is 456 g/mol. The van der Waals surface area contributed by atoms with Crippen LogP contribution in [0.4, 0.5) is 15.8 Å². The predicted octanol–water partition coefficient (Wildman–Crippen LogP) is 1.57. The summed E-state index contributed by atoms with van der Waals surface area (Å²) in [5.41, 5.74) is -0.314. The van der Waals surface area contributed by atoms with E-state index in [1.807, 2.05) is 22.6 Å². The highest BCUT2D eigenvalue weighted by Crippen LogP contribution is 2.24. The minimum Gasteiger partial charge on any atom is -0.395 e. The molecule has 2 heterocycles. The van der Waals surface area contributed by atoms with E-state index in [1.54, 1.807) is 6.07 Å². The number of hydrogen-bond donors (Lipinski definition) is 2. The molecule has 0 spiro atoms. The maximum absolute atomic E-state index is 14.1. The molecule has 0 amide bonds. The number of hydrogen-bond acceptors (Lipinski definition) is 5. The number of aliphatic hydroxyl groups is 1. The molecule has 2 aromatic heterocycles. The number of anilines is 2. The van der Waals surface area contributed by atoms with Crippen LogP contribution in [0.15, 0.2) is 40.2 Å². The number of nitrogens with one attached hydrogen (secondary N) is 1. The first-order valence-corrected chi connectivity index (χ1v) is 8.42. The average Bonchev–Trinajstić information content (AvgIpc) is 2.57. The molecule has 0 aliphatic rings. The van der Waals surface area contributed by atoms with Crippen molar-refractivity contribution in [3.8, 4) is 0 Å². The zero-order chi connectivity index (χ0) is 18.1. The molecule has 0 aliphatic heterocycles. The molecule has 0 unspecified atom stereocenters. The molecule has 25 heavy (non-hydrogen) atoms. The summed E-state index contributed by atoms with van der Waals surface area (Å²) in [6.07, 6.45) is 1.27. The van der Waals surface area contributed by atoms with Crippen LogP contribution in [-0.2, 0) is 13.6 Å². The van der Waals surface area contributed by atoms with Crippen molar-refractivity contribution in [3.63, 3.8) is 0 Å². The maximum Gasteiger partial charge on any atom is 0.264 e. The van der Waals surface area contributed by atoms with Crippen molar-refractivity contribution in [2.75, 3.05) is 11.9 Å². The Morgan fingerprint density at radius 3 is 2.72 bits per heavy atom. The van der Waals surface area contributed by atoms with Crippen LogP contribution in [0.1, 0.15) is 0 Å². The van der Waals surface area contributed by atoms with Gasteiger partial charge in [0.05, 0.1) is 30.9 Å². The van der Waals surface area contributed by atoms with E-state index in [2.05, 4.69) is 10.3 Å². The fraction of sp³-hybridized carbons (Fsp3) is 0.188. The van der Waals surface area contributed by atoms with E-state index in [0.717, 1.165) is 3.57 Å². The first kappa shape index (κ1) is 17.5. The normalized spacial score (nSPS) is 11.0. The molecule has 130 valence electrons. The maximum atomic E-state index is 14.1. The zero-order valence-electron chi connectivity index (χ0n) is 13.2. The van der Waals surface area contributed by atoms with E-state index in [9.17, 15) is 14.0 Å². The Bertz CT molecular complexity index is 1080. The molecule has 1 aromatic carbocycles. The molecule has 7 nitrogen and oxygen atoms in total. The molecule has 9 heteroatoms. The number of fused-ring (bicyclic) bond motifs is 1. The first-order chi connectivity index (χ1) is 11.9. The summed E-state index contributed by atoms with van der Waals surface area (Å²) in [6.45, 7) is -0.157. The lowest BCUT2D eigenvalue weighted by Crippen LogP contribution is -2.27. The van der Waals surface area contributed by atoms with Gasteiger partial charge in [0.1, 0.15) is 11.2 Å². The van der Waals surface area contributed by atoms with E-state index in [-0.39, 0.29) is 41.1 Å². The molecule has 0 aliphatic carbocycles. The Labute approximate surface area is 154 Å². The SMILES string of the molecule is Cn1c(=O)cc(Nc2ccc(I)cc2F)c2c(=O)n(CCO)cnc21. The smallest absolute Gasteiger partial charge is 0.264 e. The minimum atomic E-state index is -0.500. The van der Waals surface area contributed by atoms with Crippen LogP contribution < -0.4 is 16.4 Å². The molecule has 0 fully saturated rings. The van der Waals surface area contributed by atoms with Gasteiger partial charge in [-0.15, -0.1) is 0 Å². The van der Waals surface area contributed by atoms with Crippen molar-refractivity contribution in [3.05, 3.63) is 60.7 Å². The predicted molar refractivity (Wildman–Crippen MR) is 101 cm³/mol. The summed E-state index contributed by atoms with van der Waals surface area (Å²) in [6, 6.07) is 5.81. The minimum absolute atomic E-state index is 0.0714. The largest absolute Gasteiger partial charge is 0.395 e. The van der Waals surface area contributed by atoms with Crippen molar-refractivity contribution >= 4 is 45.0 Å². The number of rotatable bonds is 4. The van der Waals surface area contributed by atoms with Crippen LogP contribution in [0.5, 0.6) is 0 Å². The highest BCUT2D eigenvalue weighted by atomic mass is 127. The lowest BCUT2D eigenvalue weighted by Gasteiger charge is -2.13. The number of aromatic nitrogens is 3. The molecule has 0 radical (unpaired) electrons. The summed E-state index contributed by atoms with van der Waals surface area (Å²) in [5, 5.41) is 12.0. The van der Waals surface area contributed by atoms with Crippen molar-refractivity contribution in [1.82, 2.24) is 14.1 Å². The highest BCUT2D eigenvalue weighted by molar-refractivity contribution is 14.1. The van der Waals surface area contributed by atoms with Gasteiger partial charge < -0.3 is 10.4 Å². The summed E-state index contributed by atoms with van der Waals surface area (Å²) >= 11 is 1.99. The highest BCUT2D eigenvalue weighted by Gasteiger charge is 2.15. The van der Waals surface area contributed by atoms with Crippen LogP contribution in [-0.4, -0.2) is 25.8 Å². The first-order valence-electron chi connectivity index (χ1n) is 7.34. The second-order valence-electron chi connectivity index (χ2n) is 5.37. The number of aliphatic hydroxyl groups excluding tert-OH is 1. The third-order valence-electron chi connectivity index (χ3n) is 3.74. The third-order valence-corrected chi connectivity index (χ3v) is 4.42. The van der Waals surface area contributed by atoms with Crippen molar-refractivity contribution in [2.45, 2.75) is 6.54 Å². The monoisotopic (exact) mass is 456 g/mol. The van der Waals surface area contributed by atoms with Gasteiger partial charge in [0.2, 0.25) is 0 Å². The molecular formula is C16H14FIN4O3. The molecular weight excluding hydrogens is 442 g/mol. The number of pyridine rings is 1. The van der Waals surface area contributed by atoms with Crippen LogP contribution in [0.25, 0.3) is 11.0 Å². The molecule has 0 saturated carbocycles. The fourth-order valence-corrected chi connectivity index (χ4v) is 2.92. The van der Waals surface area contributed by atoms with E-state index >= 15 is 0 Å². The van der Waals surface area contributed by atoms with Crippen LogP contribution >= 0.6 is 22.6 Å². The molecule has 0 saturated heterocycles. The number of benzene rings is 1. The lowest BCUT2D eigenvalue weighted by atomic mass is 10.2. The molecule has 0 bridgehead atoms. The quantitative estimate of drug-likeness (QED) is 0.583. The number of halogens is 2. The Kier molecular flexibility index (Phi) is 4.86. The summed E-state index contributed by atoms with van der Waals surface area (Å²) in [7, 11) is 1.50. The Balaban J connectivity index is 2.26. The Morgan fingerprint density at radius 1 is 1.28 bits per heavy atom. The summed E-state index contributed by atoms with van der Waals surface area (Å²) < 4.78 is 17.3. The van der Waals surface area contributed by atoms with Crippen LogP contribution in [0.2, 0.25) is 0 Å². The standard InChI is InChI=1S/C16H14FIN4O3/c1-21-13(24)7-12(20-11-3-2-9(18)6-10(11)17)14-15(21)19-8-22(4-5-23)16(14)25/h2-3,6-8,20,23H,4-5H2,1H3. The van der Waals surface area contributed by atoms with E-state index in [1.165, 1.54) is 40.7 Å². The van der Waals surface area contributed by atoms with Gasteiger partial charge >= 0.3 is 0 Å². The zero-order valence-corrected chi connectivity index (χ0v) is 15.3. The second-order valence-corrected chi connectivity index (χ2v) is 6.62. The van der Waals surface area contributed by atoms with E-state index < -0.39 is 11.4 Å². The molecule has 3 rings (SSSR count). The molecule has 2 N–H and O–H groups in total. The van der Waals surface area contributed by atoms with Crippen LogP contribution in [0.3, 0.4) is 0 Å². The van der Waals surface area contributed by atoms with Gasteiger partial charge in [-0.3, -0.25) is 18.7 Å². The van der Waals surface area contributed by atoms with Gasteiger partial charge in [-0.1, -0.05) is 0 Å². The van der Waals surface area contributed by atoms with Gasteiger partial charge in [0, 0.05) is 16.7 Å². The van der Waals surface area contributed by atoms with Gasteiger partial charge in [-0.25, -0.2) is 9.37 Å². The van der Waals surface area contributed by atoms with Gasteiger partial charge in [0.15, 0.2) is 5.65 Å². The number of aryl methyl sites for hydroxylation is 1. The third kappa shape index (κ3) is 3.29. The Hall–Kier alpha value is -2.27. The summed E-state index contributed by atoms with van der Waals surface area (Å²) in [4.78, 5) is 29.0. The number of nitrogens with zero attached hydrogens (tertiary/aromatic N) is 3. The lowest BCUT2D eigenvalue weighted by molar-refractivity contribution is 0.274. The van der Waals surface area contributed by atoms with Crippen molar-refractivity contribution in [2.24, 2.45) is 7.05 Å². The van der Waals surface area contributed by atoms with E-state index in [4.69, 9.17) is 5.11 Å². The van der Waals surface area contributed by atoms with Crippen molar-refractivity contribution in [1.29, 1.82) is 0 Å². The molecule has 0 atom stereocenters.